The molecule has 114 valence electrons. The smallest absolute Gasteiger partial charge is 0.0594 e. The second-order valence-electron chi connectivity index (χ2n) is 5.70. The van der Waals surface area contributed by atoms with Crippen molar-refractivity contribution in [3.63, 3.8) is 0 Å². The van der Waals surface area contributed by atoms with E-state index >= 15 is 0 Å². The summed E-state index contributed by atoms with van der Waals surface area (Å²) in [4.78, 5) is 4.10. The molecule has 1 saturated heterocycles. The number of nitrogens with zero attached hydrogens (tertiary/aromatic N) is 1. The minimum absolute atomic E-state index is 0.198. The molecule has 4 heteroatoms. The van der Waals surface area contributed by atoms with E-state index in [0.29, 0.717) is 6.04 Å². The molecule has 0 spiro atoms. The first-order valence-electron chi connectivity index (χ1n) is 7.79. The largest absolute Gasteiger partial charge is 0.379 e. The van der Waals surface area contributed by atoms with Gasteiger partial charge in [-0.3, -0.25) is 4.90 Å². The number of ether oxygens (including phenoxy) is 1. The van der Waals surface area contributed by atoms with E-state index in [1.54, 1.807) is 0 Å². The molecule has 2 heterocycles. The highest BCUT2D eigenvalue weighted by molar-refractivity contribution is 7.09. The van der Waals surface area contributed by atoms with E-state index in [0.717, 1.165) is 45.7 Å². The molecule has 0 radical (unpaired) electrons. The number of likely N-dealkylation sites (N-methyl/N-ethyl adjacent to an activating group) is 1. The Morgan fingerprint density at radius 3 is 2.70 bits per heavy atom. The van der Waals surface area contributed by atoms with E-state index in [-0.39, 0.29) is 5.54 Å². The Balaban J connectivity index is 2.13. The fourth-order valence-electron chi connectivity index (χ4n) is 3.15. The highest BCUT2D eigenvalue weighted by Gasteiger charge is 2.38. The molecule has 2 atom stereocenters. The molecule has 20 heavy (non-hydrogen) atoms. The molecule has 0 aliphatic carbocycles. The molecule has 1 fully saturated rings. The maximum Gasteiger partial charge on any atom is 0.0594 e. The van der Waals surface area contributed by atoms with Gasteiger partial charge in [0.15, 0.2) is 0 Å². The van der Waals surface area contributed by atoms with E-state index in [4.69, 9.17) is 4.74 Å². The lowest BCUT2D eigenvalue weighted by atomic mass is 9.84. The topological polar surface area (TPSA) is 24.5 Å². The Bertz CT molecular complexity index is 376. The lowest BCUT2D eigenvalue weighted by molar-refractivity contribution is -0.0319. The minimum atomic E-state index is 0.198. The van der Waals surface area contributed by atoms with Crippen molar-refractivity contribution in [2.24, 2.45) is 0 Å². The van der Waals surface area contributed by atoms with E-state index < -0.39 is 0 Å². The van der Waals surface area contributed by atoms with Crippen LogP contribution >= 0.6 is 11.3 Å². The lowest BCUT2D eigenvalue weighted by Crippen LogP contribution is -2.62. The Hall–Kier alpha value is -0.420. The van der Waals surface area contributed by atoms with Crippen molar-refractivity contribution in [2.75, 3.05) is 32.8 Å². The first kappa shape index (κ1) is 16.0. The van der Waals surface area contributed by atoms with E-state index in [1.807, 2.05) is 11.3 Å². The van der Waals surface area contributed by atoms with Crippen LogP contribution in [0.15, 0.2) is 17.5 Å². The summed E-state index contributed by atoms with van der Waals surface area (Å²) in [5, 5.41) is 5.91. The third-order valence-corrected chi connectivity index (χ3v) is 5.53. The van der Waals surface area contributed by atoms with Gasteiger partial charge >= 0.3 is 0 Å². The fourth-order valence-corrected chi connectivity index (χ4v) is 3.90. The van der Waals surface area contributed by atoms with Crippen molar-refractivity contribution in [3.05, 3.63) is 22.4 Å². The predicted octanol–water partition coefficient (Wildman–Crippen LogP) is 2.77. The summed E-state index contributed by atoms with van der Waals surface area (Å²) in [5.41, 5.74) is 0.198. The van der Waals surface area contributed by atoms with Gasteiger partial charge in [0.2, 0.25) is 0 Å². The number of nitrogens with one attached hydrogen (secondary N) is 1. The van der Waals surface area contributed by atoms with Crippen LogP contribution in [0.3, 0.4) is 0 Å². The molecule has 2 rings (SSSR count). The Morgan fingerprint density at radius 2 is 2.15 bits per heavy atom. The average molecular weight is 296 g/mol. The van der Waals surface area contributed by atoms with Crippen LogP contribution in [0.2, 0.25) is 0 Å². The summed E-state index contributed by atoms with van der Waals surface area (Å²) >= 11 is 1.87. The van der Waals surface area contributed by atoms with Crippen LogP contribution in [0.25, 0.3) is 0 Å². The molecule has 0 bridgehead atoms. The molecule has 1 aromatic rings. The molecule has 0 aromatic carbocycles. The number of hydrogen-bond acceptors (Lipinski definition) is 4. The summed E-state index contributed by atoms with van der Waals surface area (Å²) in [5.74, 6) is 0. The standard InChI is InChI=1S/C16H28N2OS/c1-4-16(3,18-8-10-19-11-9-18)15(17-5-2)13-14-7-6-12-20-14/h6-7,12,15,17H,4-5,8-11,13H2,1-3H3. The molecule has 1 aliphatic heterocycles. The van der Waals surface area contributed by atoms with Crippen molar-refractivity contribution in [2.45, 2.75) is 45.2 Å². The quantitative estimate of drug-likeness (QED) is 0.837. The molecular weight excluding hydrogens is 268 g/mol. The molecule has 0 saturated carbocycles. The minimum Gasteiger partial charge on any atom is -0.379 e. The van der Waals surface area contributed by atoms with Gasteiger partial charge in [-0.05, 0) is 37.8 Å². The van der Waals surface area contributed by atoms with Crippen LogP contribution in [-0.4, -0.2) is 49.3 Å². The zero-order valence-electron chi connectivity index (χ0n) is 13.0. The monoisotopic (exact) mass is 296 g/mol. The van der Waals surface area contributed by atoms with Gasteiger partial charge in [0.05, 0.1) is 13.2 Å². The van der Waals surface area contributed by atoms with Gasteiger partial charge in [0.25, 0.3) is 0 Å². The SMILES string of the molecule is CCNC(Cc1cccs1)C(C)(CC)N1CCOCC1. The lowest BCUT2D eigenvalue weighted by Gasteiger charge is -2.48. The Morgan fingerprint density at radius 1 is 1.40 bits per heavy atom. The number of thiophene rings is 1. The molecule has 1 aliphatic rings. The van der Waals surface area contributed by atoms with E-state index in [1.165, 1.54) is 4.88 Å². The summed E-state index contributed by atoms with van der Waals surface area (Å²) in [7, 11) is 0. The Labute approximate surface area is 127 Å². The van der Waals surface area contributed by atoms with Crippen LogP contribution in [-0.2, 0) is 11.2 Å². The number of morpholine rings is 1. The maximum atomic E-state index is 5.52. The molecular formula is C16H28N2OS. The molecule has 1 N–H and O–H groups in total. The summed E-state index contributed by atoms with van der Waals surface area (Å²) < 4.78 is 5.52. The summed E-state index contributed by atoms with van der Waals surface area (Å²) in [6.45, 7) is 11.8. The van der Waals surface area contributed by atoms with E-state index in [9.17, 15) is 0 Å². The fraction of sp³-hybridized carbons (Fsp3) is 0.750. The predicted molar refractivity (Wildman–Crippen MR) is 86.6 cm³/mol. The van der Waals surface area contributed by atoms with Crippen LogP contribution in [0.4, 0.5) is 0 Å². The van der Waals surface area contributed by atoms with Gasteiger partial charge in [-0.2, -0.15) is 0 Å². The molecule has 0 amide bonds. The van der Waals surface area contributed by atoms with Crippen molar-refractivity contribution < 1.29 is 4.74 Å². The van der Waals surface area contributed by atoms with Crippen molar-refractivity contribution in [1.82, 2.24) is 10.2 Å². The number of rotatable bonds is 7. The second-order valence-corrected chi connectivity index (χ2v) is 6.74. The van der Waals surface area contributed by atoms with Crippen LogP contribution in [0.5, 0.6) is 0 Å². The third kappa shape index (κ3) is 3.61. The van der Waals surface area contributed by atoms with Gasteiger partial charge in [0.1, 0.15) is 0 Å². The normalized spacial score (nSPS) is 21.6. The zero-order chi connectivity index (χ0) is 14.4. The van der Waals surface area contributed by atoms with Crippen molar-refractivity contribution in [1.29, 1.82) is 0 Å². The summed E-state index contributed by atoms with van der Waals surface area (Å²) in [6, 6.07) is 4.90. The van der Waals surface area contributed by atoms with Crippen molar-refractivity contribution >= 4 is 11.3 Å². The Kier molecular flexibility index (Phi) is 6.02. The number of hydrogen-bond donors (Lipinski definition) is 1. The zero-order valence-corrected chi connectivity index (χ0v) is 13.8. The average Bonchev–Trinajstić information content (AvgIpc) is 3.00. The molecule has 2 unspecified atom stereocenters. The van der Waals surface area contributed by atoms with Gasteiger partial charge in [-0.1, -0.05) is 19.9 Å². The highest BCUT2D eigenvalue weighted by Crippen LogP contribution is 2.28. The molecule has 3 nitrogen and oxygen atoms in total. The van der Waals surface area contributed by atoms with Crippen LogP contribution < -0.4 is 5.32 Å². The van der Waals surface area contributed by atoms with Crippen LogP contribution in [0.1, 0.15) is 32.1 Å². The van der Waals surface area contributed by atoms with Gasteiger partial charge in [-0.25, -0.2) is 0 Å². The van der Waals surface area contributed by atoms with E-state index in [2.05, 4.69) is 48.5 Å². The highest BCUT2D eigenvalue weighted by atomic mass is 32.1. The first-order chi connectivity index (χ1) is 9.70. The van der Waals surface area contributed by atoms with Crippen molar-refractivity contribution in [3.8, 4) is 0 Å². The van der Waals surface area contributed by atoms with Gasteiger partial charge in [-0.15, -0.1) is 11.3 Å². The van der Waals surface area contributed by atoms with Crippen LogP contribution in [0, 0.1) is 0 Å². The maximum absolute atomic E-state index is 5.52. The molecule has 1 aromatic heterocycles. The third-order valence-electron chi connectivity index (χ3n) is 4.64. The van der Waals surface area contributed by atoms with Gasteiger partial charge in [0, 0.05) is 29.5 Å². The first-order valence-corrected chi connectivity index (χ1v) is 8.67. The summed E-state index contributed by atoms with van der Waals surface area (Å²) in [6.07, 6.45) is 2.28. The van der Waals surface area contributed by atoms with Gasteiger partial charge < -0.3 is 10.1 Å². The second kappa shape index (κ2) is 7.55.